The van der Waals surface area contributed by atoms with Gasteiger partial charge < -0.3 is 10.0 Å². The zero-order valence-electron chi connectivity index (χ0n) is 23.2. The number of aryl methyl sites for hydroxylation is 1. The first-order chi connectivity index (χ1) is 19.5. The molecule has 0 bridgehead atoms. The van der Waals surface area contributed by atoms with Crippen molar-refractivity contribution < 1.29 is 22.3 Å². The number of halogens is 2. The van der Waals surface area contributed by atoms with Crippen LogP contribution in [0.4, 0.5) is 20.2 Å². The molecule has 0 amide bonds. The van der Waals surface area contributed by atoms with Gasteiger partial charge in [0.05, 0.1) is 41.3 Å². The molecule has 2 aromatic heterocycles. The van der Waals surface area contributed by atoms with Gasteiger partial charge in [0.2, 0.25) is 15.9 Å². The third-order valence-electron chi connectivity index (χ3n) is 8.81. The molecule has 3 fully saturated rings. The highest BCUT2D eigenvalue weighted by Crippen LogP contribution is 2.54. The number of sulfonamides is 1. The molecule has 1 aliphatic heterocycles. The van der Waals surface area contributed by atoms with Gasteiger partial charge in [-0.25, -0.2) is 31.8 Å². The molecule has 1 aromatic carbocycles. The van der Waals surface area contributed by atoms with Gasteiger partial charge in [-0.2, -0.15) is 5.10 Å². The third-order valence-corrected chi connectivity index (χ3v) is 10.1. The number of piperidine rings is 1. The summed E-state index contributed by atoms with van der Waals surface area (Å²) in [5.41, 5.74) is 4.86. The van der Waals surface area contributed by atoms with Crippen molar-refractivity contribution in [3.63, 3.8) is 0 Å². The number of hydrogen-bond donors (Lipinski definition) is 2. The van der Waals surface area contributed by atoms with Gasteiger partial charge in [-0.15, -0.1) is 0 Å². The van der Waals surface area contributed by atoms with E-state index in [0.29, 0.717) is 35.5 Å². The van der Waals surface area contributed by atoms with Crippen molar-refractivity contribution >= 4 is 21.4 Å². The van der Waals surface area contributed by atoms with Crippen LogP contribution in [0.1, 0.15) is 68.8 Å². The lowest BCUT2D eigenvalue weighted by molar-refractivity contribution is -0.0387. The van der Waals surface area contributed by atoms with Crippen molar-refractivity contribution in [2.45, 2.75) is 70.1 Å². The number of benzene rings is 1. The number of anilines is 2. The summed E-state index contributed by atoms with van der Waals surface area (Å²) < 4.78 is 56.5. The molecule has 0 radical (unpaired) electrons. The number of nitrogens with zero attached hydrogens (tertiary/aromatic N) is 5. The molecule has 3 aromatic rings. The topological polar surface area (TPSA) is 113 Å². The predicted molar refractivity (Wildman–Crippen MR) is 153 cm³/mol. The standard InChI is InChI=1S/C29H36F2N6O3S/c1-20-16-24(34-27(33-20)21-4-6-29(30,31)7-5-21)22-18-32-37(19-22)25-3-2-23(35-41(39,40)15-14-38)17-26(25)36-12-10-28(8-9-28)11-13-36/h2-3,16-19,21,35,38H,4-15H2,1H3. The van der Waals surface area contributed by atoms with E-state index in [-0.39, 0.29) is 24.5 Å². The predicted octanol–water partition coefficient (Wildman–Crippen LogP) is 5.05. The van der Waals surface area contributed by atoms with Gasteiger partial charge >= 0.3 is 0 Å². The van der Waals surface area contributed by atoms with Crippen molar-refractivity contribution in [2.24, 2.45) is 5.41 Å². The lowest BCUT2D eigenvalue weighted by Gasteiger charge is -2.35. The SMILES string of the molecule is Cc1cc(-c2cnn(-c3ccc(NS(=O)(=O)CCO)cc3N3CCC4(CC3)CC4)c2)nc(C2CCC(F)(F)CC2)n1. The van der Waals surface area contributed by atoms with E-state index >= 15 is 0 Å². The zero-order valence-corrected chi connectivity index (χ0v) is 24.0. The Morgan fingerprint density at radius 3 is 2.44 bits per heavy atom. The second-order valence-corrected chi connectivity index (χ2v) is 13.7. The Morgan fingerprint density at radius 1 is 1.02 bits per heavy atom. The van der Waals surface area contributed by atoms with Crippen LogP contribution >= 0.6 is 0 Å². The monoisotopic (exact) mass is 586 g/mol. The fraction of sp³-hybridized carbons (Fsp3) is 0.552. The van der Waals surface area contributed by atoms with E-state index < -0.39 is 22.6 Å². The number of aromatic nitrogens is 4. The smallest absolute Gasteiger partial charge is 0.248 e. The molecule has 1 spiro atoms. The van der Waals surface area contributed by atoms with Crippen molar-refractivity contribution in [3.05, 3.63) is 48.2 Å². The minimum Gasteiger partial charge on any atom is -0.395 e. The molecule has 6 rings (SSSR count). The summed E-state index contributed by atoms with van der Waals surface area (Å²) in [6.45, 7) is 3.18. The fourth-order valence-corrected chi connectivity index (χ4v) is 6.92. The average Bonchev–Trinajstić information content (AvgIpc) is 3.48. The summed E-state index contributed by atoms with van der Waals surface area (Å²) in [5, 5.41) is 13.8. The van der Waals surface area contributed by atoms with Gasteiger partial charge in [0.25, 0.3) is 0 Å². The molecular weight excluding hydrogens is 550 g/mol. The molecule has 2 N–H and O–H groups in total. The van der Waals surface area contributed by atoms with Crippen LogP contribution in [0.3, 0.4) is 0 Å². The number of aliphatic hydroxyl groups is 1. The fourth-order valence-electron chi connectivity index (χ4n) is 6.09. The molecule has 41 heavy (non-hydrogen) atoms. The molecular formula is C29H36F2N6O3S. The maximum Gasteiger partial charge on any atom is 0.248 e. The van der Waals surface area contributed by atoms with Crippen LogP contribution < -0.4 is 9.62 Å². The number of hydrogen-bond acceptors (Lipinski definition) is 7. The Hall–Kier alpha value is -3.12. The van der Waals surface area contributed by atoms with Gasteiger partial charge in [0, 0.05) is 49.3 Å². The van der Waals surface area contributed by atoms with Crippen LogP contribution in [-0.2, 0) is 10.0 Å². The van der Waals surface area contributed by atoms with E-state index in [9.17, 15) is 17.2 Å². The number of alkyl halides is 2. The van der Waals surface area contributed by atoms with E-state index in [1.54, 1.807) is 16.9 Å². The third kappa shape index (κ3) is 6.23. The maximum absolute atomic E-state index is 13.7. The van der Waals surface area contributed by atoms with E-state index in [0.717, 1.165) is 48.6 Å². The zero-order chi connectivity index (χ0) is 28.8. The average molecular weight is 587 g/mol. The molecule has 3 heterocycles. The first-order valence-electron chi connectivity index (χ1n) is 14.3. The molecule has 12 heteroatoms. The minimum absolute atomic E-state index is 0.0917. The summed E-state index contributed by atoms with van der Waals surface area (Å²) in [6, 6.07) is 7.26. The highest BCUT2D eigenvalue weighted by molar-refractivity contribution is 7.92. The van der Waals surface area contributed by atoms with Crippen LogP contribution in [0.5, 0.6) is 0 Å². The van der Waals surface area contributed by atoms with Crippen LogP contribution in [0.25, 0.3) is 16.9 Å². The summed E-state index contributed by atoms with van der Waals surface area (Å²) in [7, 11) is -3.67. The number of nitrogens with one attached hydrogen (secondary N) is 1. The van der Waals surface area contributed by atoms with Crippen molar-refractivity contribution in [1.29, 1.82) is 0 Å². The van der Waals surface area contributed by atoms with Gasteiger partial charge in [0.15, 0.2) is 0 Å². The van der Waals surface area contributed by atoms with Crippen molar-refractivity contribution in [2.75, 3.05) is 35.1 Å². The van der Waals surface area contributed by atoms with Crippen LogP contribution in [0.15, 0.2) is 36.7 Å². The second kappa shape index (κ2) is 10.6. The highest BCUT2D eigenvalue weighted by atomic mass is 32.2. The summed E-state index contributed by atoms with van der Waals surface area (Å²) in [4.78, 5) is 11.6. The lowest BCUT2D eigenvalue weighted by atomic mass is 9.86. The van der Waals surface area contributed by atoms with Gasteiger partial charge in [-0.3, -0.25) is 4.72 Å². The highest BCUT2D eigenvalue weighted by Gasteiger charge is 2.44. The van der Waals surface area contributed by atoms with E-state index in [1.165, 1.54) is 12.8 Å². The van der Waals surface area contributed by atoms with Gasteiger partial charge in [0.1, 0.15) is 5.82 Å². The first-order valence-corrected chi connectivity index (χ1v) is 16.0. The molecule has 220 valence electrons. The molecule has 0 unspecified atom stereocenters. The summed E-state index contributed by atoms with van der Waals surface area (Å²) in [6.07, 6.45) is 8.83. The second-order valence-electron chi connectivity index (χ2n) is 11.9. The molecule has 2 aliphatic carbocycles. The van der Waals surface area contributed by atoms with Crippen molar-refractivity contribution in [1.82, 2.24) is 19.7 Å². The number of aliphatic hydroxyl groups excluding tert-OH is 1. The van der Waals surface area contributed by atoms with E-state index in [4.69, 9.17) is 10.1 Å². The lowest BCUT2D eigenvalue weighted by Crippen LogP contribution is -2.35. The van der Waals surface area contributed by atoms with Crippen LogP contribution in [-0.4, -0.2) is 64.6 Å². The molecule has 1 saturated heterocycles. The quantitative estimate of drug-likeness (QED) is 0.380. The molecule has 0 atom stereocenters. The Labute approximate surface area is 239 Å². The Morgan fingerprint density at radius 2 is 1.76 bits per heavy atom. The molecule has 3 aliphatic rings. The minimum atomic E-state index is -3.67. The summed E-state index contributed by atoms with van der Waals surface area (Å²) in [5.74, 6) is -2.47. The maximum atomic E-state index is 13.7. The normalized spacial score (nSPS) is 20.3. The van der Waals surface area contributed by atoms with E-state index in [2.05, 4.69) is 19.7 Å². The largest absolute Gasteiger partial charge is 0.395 e. The molecule has 9 nitrogen and oxygen atoms in total. The van der Waals surface area contributed by atoms with Crippen LogP contribution in [0.2, 0.25) is 0 Å². The van der Waals surface area contributed by atoms with Gasteiger partial charge in [-0.1, -0.05) is 0 Å². The van der Waals surface area contributed by atoms with Crippen LogP contribution in [0, 0.1) is 12.3 Å². The Bertz CT molecular complexity index is 1520. The van der Waals surface area contributed by atoms with Gasteiger partial charge in [-0.05, 0) is 75.1 Å². The Kier molecular flexibility index (Phi) is 7.25. The Balaban J connectivity index is 1.30. The van der Waals surface area contributed by atoms with E-state index in [1.807, 2.05) is 31.3 Å². The number of rotatable bonds is 8. The first kappa shape index (κ1) is 28.0. The molecule has 2 saturated carbocycles. The van der Waals surface area contributed by atoms with Crippen molar-refractivity contribution in [3.8, 4) is 16.9 Å². The summed E-state index contributed by atoms with van der Waals surface area (Å²) >= 11 is 0.